The molecular weight excluding hydrogens is 266 g/mol. The number of hydrogen-bond donors (Lipinski definition) is 2. The lowest BCUT2D eigenvalue weighted by molar-refractivity contribution is 0.0992. The number of ether oxygens (including phenoxy) is 1. The lowest BCUT2D eigenvalue weighted by Crippen LogP contribution is -2.55. The van der Waals surface area contributed by atoms with E-state index in [1.807, 2.05) is 0 Å². The van der Waals surface area contributed by atoms with Gasteiger partial charge >= 0.3 is 0 Å². The van der Waals surface area contributed by atoms with Gasteiger partial charge in [-0.25, -0.2) is 0 Å². The van der Waals surface area contributed by atoms with Gasteiger partial charge in [0.25, 0.3) is 10.2 Å². The van der Waals surface area contributed by atoms with Crippen LogP contribution in [0.15, 0.2) is 0 Å². The summed E-state index contributed by atoms with van der Waals surface area (Å²) >= 11 is 0. The van der Waals surface area contributed by atoms with E-state index in [4.69, 9.17) is 10.5 Å². The molecule has 3 saturated heterocycles. The van der Waals surface area contributed by atoms with Crippen LogP contribution in [0, 0.1) is 0 Å². The molecular formula is C12H23N3O3S. The first kappa shape index (κ1) is 13.8. The maximum absolute atomic E-state index is 12.5. The van der Waals surface area contributed by atoms with E-state index in [1.165, 1.54) is 0 Å². The van der Waals surface area contributed by atoms with Crippen LogP contribution >= 0.6 is 0 Å². The zero-order valence-electron chi connectivity index (χ0n) is 11.1. The molecule has 6 nitrogen and oxygen atoms in total. The molecule has 0 radical (unpaired) electrons. The predicted molar refractivity (Wildman–Crippen MR) is 71.8 cm³/mol. The highest BCUT2D eigenvalue weighted by Crippen LogP contribution is 2.35. The summed E-state index contributed by atoms with van der Waals surface area (Å²) in [5.74, 6) is 0. The van der Waals surface area contributed by atoms with E-state index in [-0.39, 0.29) is 24.3 Å². The fraction of sp³-hybridized carbons (Fsp3) is 1.00. The zero-order chi connectivity index (χ0) is 13.5. The molecule has 3 rings (SSSR count). The van der Waals surface area contributed by atoms with Gasteiger partial charge in [-0.05, 0) is 32.1 Å². The normalized spacial score (nSPS) is 39.8. The molecule has 0 saturated carbocycles. The van der Waals surface area contributed by atoms with E-state index in [0.717, 1.165) is 38.5 Å². The van der Waals surface area contributed by atoms with Gasteiger partial charge in [0.15, 0.2) is 0 Å². The Balaban J connectivity index is 1.68. The minimum Gasteiger partial charge on any atom is -0.373 e. The monoisotopic (exact) mass is 289 g/mol. The van der Waals surface area contributed by atoms with E-state index < -0.39 is 10.2 Å². The van der Waals surface area contributed by atoms with Crippen LogP contribution in [0.3, 0.4) is 0 Å². The third-order valence-corrected chi connectivity index (χ3v) is 6.26. The van der Waals surface area contributed by atoms with Crippen LogP contribution in [0.1, 0.15) is 38.5 Å². The van der Waals surface area contributed by atoms with Crippen LogP contribution < -0.4 is 10.5 Å². The molecule has 0 amide bonds. The van der Waals surface area contributed by atoms with E-state index in [2.05, 4.69) is 4.72 Å². The fourth-order valence-electron chi connectivity index (χ4n) is 3.55. The van der Waals surface area contributed by atoms with Crippen molar-refractivity contribution in [2.75, 3.05) is 13.1 Å². The Kier molecular flexibility index (Phi) is 3.83. The van der Waals surface area contributed by atoms with E-state index in [0.29, 0.717) is 13.1 Å². The standard InChI is InChI=1S/C12H23N3O3S/c13-8-9-3-1-2-6-15(9)19(16,17)14-11-7-10-4-5-12(11)18-10/h9-12,14H,1-8,13H2. The molecule has 0 aromatic heterocycles. The summed E-state index contributed by atoms with van der Waals surface area (Å²) < 4.78 is 35.1. The van der Waals surface area contributed by atoms with Crippen molar-refractivity contribution in [3.63, 3.8) is 0 Å². The van der Waals surface area contributed by atoms with Crippen molar-refractivity contribution in [1.29, 1.82) is 0 Å². The van der Waals surface area contributed by atoms with Crippen LogP contribution in [-0.4, -0.2) is 50.1 Å². The Hall–Kier alpha value is -0.210. The van der Waals surface area contributed by atoms with Crippen LogP contribution in [0.4, 0.5) is 0 Å². The summed E-state index contributed by atoms with van der Waals surface area (Å²) in [5.41, 5.74) is 5.70. The van der Waals surface area contributed by atoms with E-state index in [1.54, 1.807) is 4.31 Å². The van der Waals surface area contributed by atoms with Gasteiger partial charge in [-0.2, -0.15) is 17.4 Å². The highest BCUT2D eigenvalue weighted by atomic mass is 32.2. The molecule has 3 fully saturated rings. The summed E-state index contributed by atoms with van der Waals surface area (Å²) in [4.78, 5) is 0. The molecule has 19 heavy (non-hydrogen) atoms. The van der Waals surface area contributed by atoms with Crippen molar-refractivity contribution in [3.8, 4) is 0 Å². The van der Waals surface area contributed by atoms with Gasteiger partial charge < -0.3 is 10.5 Å². The quantitative estimate of drug-likeness (QED) is 0.760. The second kappa shape index (κ2) is 5.29. The second-order valence-electron chi connectivity index (χ2n) is 5.84. The Morgan fingerprint density at radius 3 is 2.74 bits per heavy atom. The number of nitrogens with zero attached hydrogens (tertiary/aromatic N) is 1. The Labute approximate surface area is 114 Å². The lowest BCUT2D eigenvalue weighted by atomic mass is 9.96. The Bertz CT molecular complexity index is 428. The van der Waals surface area contributed by atoms with Gasteiger partial charge in [-0.3, -0.25) is 0 Å². The molecule has 0 aromatic rings. The SMILES string of the molecule is NCC1CCCCN1S(=O)(=O)NC1CC2CCC1O2. The van der Waals surface area contributed by atoms with Gasteiger partial charge in [-0.1, -0.05) is 6.42 Å². The molecule has 0 spiro atoms. The molecule has 3 aliphatic rings. The highest BCUT2D eigenvalue weighted by molar-refractivity contribution is 7.87. The summed E-state index contributed by atoms with van der Waals surface area (Å²) in [6.45, 7) is 0.979. The van der Waals surface area contributed by atoms with Crippen molar-refractivity contribution in [2.24, 2.45) is 5.73 Å². The van der Waals surface area contributed by atoms with Crippen LogP contribution in [0.2, 0.25) is 0 Å². The number of nitrogens with two attached hydrogens (primary N) is 1. The molecule has 3 N–H and O–H groups in total. The first-order valence-electron chi connectivity index (χ1n) is 7.25. The topological polar surface area (TPSA) is 84.7 Å². The largest absolute Gasteiger partial charge is 0.373 e. The third kappa shape index (κ3) is 2.67. The van der Waals surface area contributed by atoms with E-state index >= 15 is 0 Å². The number of hydrogen-bond acceptors (Lipinski definition) is 4. The molecule has 4 unspecified atom stereocenters. The van der Waals surface area contributed by atoms with Crippen LogP contribution in [-0.2, 0) is 14.9 Å². The molecule has 3 aliphatic heterocycles. The number of nitrogens with one attached hydrogen (secondary N) is 1. The average molecular weight is 289 g/mol. The molecule has 4 atom stereocenters. The van der Waals surface area contributed by atoms with Crippen LogP contribution in [0.25, 0.3) is 0 Å². The minimum absolute atomic E-state index is 0.0502. The van der Waals surface area contributed by atoms with Gasteiger partial charge in [0.05, 0.1) is 18.2 Å². The van der Waals surface area contributed by atoms with Crippen LogP contribution in [0.5, 0.6) is 0 Å². The maximum atomic E-state index is 12.5. The number of fused-ring (bicyclic) bond motifs is 2. The Morgan fingerprint density at radius 1 is 1.26 bits per heavy atom. The second-order valence-corrected chi connectivity index (χ2v) is 7.49. The summed E-state index contributed by atoms with van der Waals surface area (Å²) in [6.07, 6.45) is 6.02. The fourth-order valence-corrected chi connectivity index (χ4v) is 5.27. The molecule has 2 bridgehead atoms. The zero-order valence-corrected chi connectivity index (χ0v) is 11.9. The van der Waals surface area contributed by atoms with Crippen molar-refractivity contribution < 1.29 is 13.2 Å². The summed E-state index contributed by atoms with van der Waals surface area (Å²) in [7, 11) is -3.43. The average Bonchev–Trinajstić information content (AvgIpc) is 3.00. The van der Waals surface area contributed by atoms with Crippen molar-refractivity contribution in [1.82, 2.24) is 9.03 Å². The number of piperidine rings is 1. The Morgan fingerprint density at radius 2 is 2.11 bits per heavy atom. The van der Waals surface area contributed by atoms with Crippen molar-refractivity contribution in [3.05, 3.63) is 0 Å². The predicted octanol–water partition coefficient (Wildman–Crippen LogP) is -0.0461. The molecule has 0 aromatic carbocycles. The van der Waals surface area contributed by atoms with Crippen molar-refractivity contribution in [2.45, 2.75) is 62.8 Å². The van der Waals surface area contributed by atoms with Gasteiger partial charge in [-0.15, -0.1) is 0 Å². The highest BCUT2D eigenvalue weighted by Gasteiger charge is 2.44. The smallest absolute Gasteiger partial charge is 0.280 e. The molecule has 7 heteroatoms. The van der Waals surface area contributed by atoms with Gasteiger partial charge in [0.1, 0.15) is 0 Å². The van der Waals surface area contributed by atoms with Gasteiger partial charge in [0.2, 0.25) is 0 Å². The maximum Gasteiger partial charge on any atom is 0.280 e. The molecule has 0 aliphatic carbocycles. The summed E-state index contributed by atoms with van der Waals surface area (Å²) in [6, 6.07) is -0.102. The first-order chi connectivity index (χ1) is 9.10. The third-order valence-electron chi connectivity index (χ3n) is 4.56. The van der Waals surface area contributed by atoms with Crippen molar-refractivity contribution >= 4 is 10.2 Å². The molecule has 110 valence electrons. The molecule has 3 heterocycles. The summed E-state index contributed by atoms with van der Waals surface area (Å²) in [5, 5.41) is 0. The number of rotatable bonds is 4. The lowest BCUT2D eigenvalue weighted by Gasteiger charge is -2.35. The minimum atomic E-state index is -3.43. The first-order valence-corrected chi connectivity index (χ1v) is 8.69. The van der Waals surface area contributed by atoms with Gasteiger partial charge in [0, 0.05) is 19.1 Å². The van der Waals surface area contributed by atoms with E-state index in [9.17, 15) is 8.42 Å².